The molecule has 0 atom stereocenters. The maximum absolute atomic E-state index is 8.82. The van der Waals surface area contributed by atoms with Gasteiger partial charge in [-0.05, 0) is 0 Å². The fourth-order valence-electron chi connectivity index (χ4n) is 0. The first-order valence-corrected chi connectivity index (χ1v) is 7.12. The van der Waals surface area contributed by atoms with Crippen LogP contribution in [0.4, 0.5) is 0 Å². The van der Waals surface area contributed by atoms with Gasteiger partial charge < -0.3 is 0 Å². The Hall–Kier alpha value is 0.622. The Kier molecular flexibility index (Phi) is 5.94. The first-order valence-electron chi connectivity index (χ1n) is 1.33. The molecule has 0 heterocycles. The predicted molar refractivity (Wildman–Crippen MR) is 8.03 cm³/mol. The predicted octanol–water partition coefficient (Wildman–Crippen LogP) is -8.47. The van der Waals surface area contributed by atoms with Crippen molar-refractivity contribution in [2.24, 2.45) is 0 Å². The van der Waals surface area contributed by atoms with Gasteiger partial charge in [0, 0.05) is 3.44 Å². The van der Waals surface area contributed by atoms with Crippen molar-refractivity contribution in [3.05, 3.63) is 0 Å². The van der Waals surface area contributed by atoms with E-state index in [0.717, 1.165) is 0 Å². The molecular formula is H3CrIO8. The van der Waals surface area contributed by atoms with Gasteiger partial charge in [0.1, 0.15) is 0 Å². The Morgan fingerprint density at radius 1 is 1.10 bits per heavy atom. The second-order valence-electron chi connectivity index (χ2n) is 0.844. The summed E-state index contributed by atoms with van der Waals surface area (Å²) in [6.45, 7) is 0. The maximum atomic E-state index is 8.82. The number of hydrogen-bond donors (Lipinski definition) is 3. The zero-order chi connectivity index (χ0) is 9.00. The first kappa shape index (κ1) is 13.2. The Morgan fingerprint density at radius 2 is 1.10 bits per heavy atom. The normalized spacial score (nSPS) is 11.8. The summed E-state index contributed by atoms with van der Waals surface area (Å²) in [6, 6.07) is 0. The zero-order valence-electron chi connectivity index (χ0n) is 4.17. The van der Waals surface area contributed by atoms with Gasteiger partial charge in [-0.25, -0.2) is 0 Å². The molecule has 0 aromatic rings. The minimum absolute atomic E-state index is 5.25. The van der Waals surface area contributed by atoms with Crippen LogP contribution in [-0.2, 0) is 21.2 Å². The van der Waals surface area contributed by atoms with E-state index in [1.54, 1.807) is 0 Å². The summed E-state index contributed by atoms with van der Waals surface area (Å²) in [7, 11) is 0. The van der Waals surface area contributed by atoms with Gasteiger partial charge in [-0.2, -0.15) is 0 Å². The van der Waals surface area contributed by atoms with E-state index >= 15 is 0 Å². The average molecular weight is 310 g/mol. The van der Waals surface area contributed by atoms with Crippen LogP contribution in [0.15, 0.2) is 0 Å². The Balaban J connectivity index is 0. The van der Waals surface area contributed by atoms with E-state index in [1.165, 1.54) is 0 Å². The summed E-state index contributed by atoms with van der Waals surface area (Å²) >= 11 is -10.9. The van der Waals surface area contributed by atoms with E-state index in [9.17, 15) is 0 Å². The van der Waals surface area contributed by atoms with Crippen molar-refractivity contribution in [3.8, 4) is 0 Å². The summed E-state index contributed by atoms with van der Waals surface area (Å²) in [5, 5.41) is 0. The third-order valence-corrected chi connectivity index (χ3v) is 0. The molecule has 64 valence electrons. The van der Waals surface area contributed by atoms with Gasteiger partial charge in [-0.1, -0.05) is 0 Å². The van der Waals surface area contributed by atoms with Crippen LogP contribution < -0.4 is 30.4 Å². The topological polar surface area (TPSA) is 164 Å². The van der Waals surface area contributed by atoms with Crippen LogP contribution >= 0.6 is 0 Å². The van der Waals surface area contributed by atoms with Gasteiger partial charge >= 0.3 is 49.6 Å². The SMILES string of the molecule is [O-][I+3]([O-])([O-])O.[O]=[Cr](=[O])([OH])[OH]. The summed E-state index contributed by atoms with van der Waals surface area (Å²) in [5.41, 5.74) is 0. The number of halogens is 1. The van der Waals surface area contributed by atoms with Crippen molar-refractivity contribution in [2.45, 2.75) is 0 Å². The molecule has 8 nitrogen and oxygen atoms in total. The van der Waals surface area contributed by atoms with E-state index in [-0.39, 0.29) is 0 Å². The molecule has 0 saturated heterocycles. The van der Waals surface area contributed by atoms with Crippen molar-refractivity contribution in [1.82, 2.24) is 0 Å². The summed E-state index contributed by atoms with van der Waals surface area (Å²) < 4.78 is 65.1. The monoisotopic (exact) mass is 310 g/mol. The molecule has 0 unspecified atom stereocenters. The van der Waals surface area contributed by atoms with Crippen molar-refractivity contribution < 1.29 is 63.4 Å². The molecule has 0 amide bonds. The molecule has 0 aliphatic rings. The van der Waals surface area contributed by atoms with Crippen LogP contribution in [0, 0.1) is 0 Å². The molecule has 10 heteroatoms. The molecule has 0 bridgehead atoms. The minimum atomic E-state index is -5.69. The second kappa shape index (κ2) is 4.49. The van der Waals surface area contributed by atoms with Crippen LogP contribution in [0.2, 0.25) is 0 Å². The van der Waals surface area contributed by atoms with Crippen LogP contribution in [0.1, 0.15) is 0 Å². The molecule has 0 aromatic heterocycles. The third-order valence-electron chi connectivity index (χ3n) is 0. The quantitative estimate of drug-likeness (QED) is 0.371. The molecular weight excluding hydrogens is 307 g/mol. The summed E-state index contributed by atoms with van der Waals surface area (Å²) in [4.78, 5) is 0. The van der Waals surface area contributed by atoms with Gasteiger partial charge in [0.15, 0.2) is 0 Å². The molecule has 3 N–H and O–H groups in total. The van der Waals surface area contributed by atoms with Crippen molar-refractivity contribution >= 4 is 0 Å². The third kappa shape index (κ3) is 1290. The molecule has 10 heavy (non-hydrogen) atoms. The second-order valence-corrected chi connectivity index (χ2v) is 4.50. The molecule has 0 aromatic carbocycles. The molecule has 0 fully saturated rings. The van der Waals surface area contributed by atoms with E-state index in [0.29, 0.717) is 0 Å². The number of hydrogen-bond acceptors (Lipinski definition) is 6. The van der Waals surface area contributed by atoms with Crippen molar-refractivity contribution in [3.63, 3.8) is 0 Å². The molecule has 0 spiro atoms. The van der Waals surface area contributed by atoms with Crippen LogP contribution in [-0.4, -0.2) is 11.8 Å². The fourth-order valence-corrected chi connectivity index (χ4v) is 0. The van der Waals surface area contributed by atoms with Gasteiger partial charge in [-0.3, -0.25) is 10.3 Å². The van der Waals surface area contributed by atoms with E-state index in [2.05, 4.69) is 0 Å². The van der Waals surface area contributed by atoms with E-state index in [1.807, 2.05) is 0 Å². The molecule has 0 saturated carbocycles. The molecule has 0 aliphatic carbocycles. The Bertz CT molecular complexity index is 144. The van der Waals surface area contributed by atoms with Crippen LogP contribution in [0.3, 0.4) is 0 Å². The van der Waals surface area contributed by atoms with Crippen LogP contribution in [0.5, 0.6) is 0 Å². The van der Waals surface area contributed by atoms with Crippen molar-refractivity contribution in [2.75, 3.05) is 0 Å². The zero-order valence-corrected chi connectivity index (χ0v) is 7.60. The average Bonchev–Trinajstić information content (AvgIpc) is 1.12. The van der Waals surface area contributed by atoms with Gasteiger partial charge in [0.25, 0.3) is 0 Å². The Labute approximate surface area is 63.5 Å². The Morgan fingerprint density at radius 3 is 1.10 bits per heavy atom. The van der Waals surface area contributed by atoms with Gasteiger partial charge in [0.2, 0.25) is 0 Å². The number of rotatable bonds is 0. The van der Waals surface area contributed by atoms with E-state index < -0.39 is 33.7 Å². The van der Waals surface area contributed by atoms with E-state index in [4.69, 9.17) is 29.7 Å². The summed E-state index contributed by atoms with van der Waals surface area (Å²) in [5.74, 6) is 0. The van der Waals surface area contributed by atoms with Gasteiger partial charge in [0.05, 0.1) is 0 Å². The molecule has 0 rings (SSSR count). The summed E-state index contributed by atoms with van der Waals surface area (Å²) in [6.07, 6.45) is 0. The first-order chi connectivity index (χ1) is 4.00. The van der Waals surface area contributed by atoms with Gasteiger partial charge in [-0.15, -0.1) is 0 Å². The molecule has 0 aliphatic heterocycles. The van der Waals surface area contributed by atoms with Crippen LogP contribution in [0.25, 0.3) is 0 Å². The standard InChI is InChI=1S/Cr.HIO4.2H2O.2O/c;2-1(3,4)5;;;;/h;2H;2*1H2;;/q+2;;;;;/p-2. The molecule has 0 radical (unpaired) electrons. The van der Waals surface area contributed by atoms with Crippen molar-refractivity contribution in [1.29, 1.82) is 0 Å². The fraction of sp³-hybridized carbons (Fsp3) is 0.